The van der Waals surface area contributed by atoms with Gasteiger partial charge in [-0.1, -0.05) is 17.2 Å². The van der Waals surface area contributed by atoms with Crippen molar-refractivity contribution in [2.24, 2.45) is 5.73 Å². The summed E-state index contributed by atoms with van der Waals surface area (Å²) >= 11 is 6.13. The number of carboxylic acid groups (broad SMARTS) is 1. The molecule has 2 aromatic heterocycles. The summed E-state index contributed by atoms with van der Waals surface area (Å²) in [6.45, 7) is 1.38. The number of anilines is 1. The molecule has 148 valence electrons. The highest BCUT2D eigenvalue weighted by Crippen LogP contribution is 2.37. The molecule has 0 radical (unpaired) electrons. The van der Waals surface area contributed by atoms with E-state index in [1.807, 2.05) is 4.90 Å². The Kier molecular flexibility index (Phi) is 4.84. The molecule has 1 saturated heterocycles. The molecule has 1 saturated carbocycles. The molecule has 28 heavy (non-hydrogen) atoms. The van der Waals surface area contributed by atoms with E-state index in [0.29, 0.717) is 43.2 Å². The van der Waals surface area contributed by atoms with Gasteiger partial charge < -0.3 is 20.3 Å². The van der Waals surface area contributed by atoms with Gasteiger partial charge in [0, 0.05) is 36.9 Å². The van der Waals surface area contributed by atoms with E-state index in [4.69, 9.17) is 17.3 Å². The van der Waals surface area contributed by atoms with Crippen LogP contribution in [0.1, 0.15) is 42.1 Å². The number of rotatable bonds is 4. The molecule has 1 aliphatic heterocycles. The lowest BCUT2D eigenvalue weighted by Gasteiger charge is -2.30. The molecule has 4 rings (SSSR count). The van der Waals surface area contributed by atoms with Crippen molar-refractivity contribution in [3.8, 4) is 0 Å². The maximum absolute atomic E-state index is 14.8. The SMILES string of the molecule is NCC(Cl)=C1CCN(c2nc3c(cc2F)c(=O)c(C(=O)O)cn3C2CC2)CC1. The third-order valence-electron chi connectivity index (χ3n) is 5.34. The van der Waals surface area contributed by atoms with E-state index >= 15 is 0 Å². The van der Waals surface area contributed by atoms with Crippen LogP contribution in [-0.4, -0.2) is 40.3 Å². The fourth-order valence-corrected chi connectivity index (χ4v) is 3.84. The number of pyridine rings is 2. The predicted octanol–water partition coefficient (Wildman–Crippen LogP) is 2.62. The summed E-state index contributed by atoms with van der Waals surface area (Å²) in [4.78, 5) is 30.2. The molecule has 9 heteroatoms. The van der Waals surface area contributed by atoms with E-state index in [1.54, 1.807) is 4.57 Å². The second kappa shape index (κ2) is 7.18. The molecular formula is C19H20ClFN4O3. The molecule has 0 aromatic carbocycles. The van der Waals surface area contributed by atoms with E-state index in [-0.39, 0.29) is 22.8 Å². The highest BCUT2D eigenvalue weighted by molar-refractivity contribution is 6.30. The molecule has 0 atom stereocenters. The molecule has 7 nitrogen and oxygen atoms in total. The maximum Gasteiger partial charge on any atom is 0.341 e. The third kappa shape index (κ3) is 3.27. The highest BCUT2D eigenvalue weighted by Gasteiger charge is 2.29. The molecule has 2 aliphatic rings. The second-order valence-corrected chi connectivity index (χ2v) is 7.64. The van der Waals surface area contributed by atoms with Gasteiger partial charge in [0.1, 0.15) is 11.2 Å². The number of halogens is 2. The Morgan fingerprint density at radius 3 is 2.61 bits per heavy atom. The number of hydrogen-bond donors (Lipinski definition) is 2. The monoisotopic (exact) mass is 406 g/mol. The van der Waals surface area contributed by atoms with Crippen LogP contribution in [0.2, 0.25) is 0 Å². The number of fused-ring (bicyclic) bond motifs is 1. The van der Waals surface area contributed by atoms with E-state index in [0.717, 1.165) is 24.5 Å². The summed E-state index contributed by atoms with van der Waals surface area (Å²) in [6.07, 6.45) is 4.42. The highest BCUT2D eigenvalue weighted by atomic mass is 35.5. The quantitative estimate of drug-likeness (QED) is 0.809. The summed E-state index contributed by atoms with van der Waals surface area (Å²) in [7, 11) is 0. The predicted molar refractivity (Wildman–Crippen MR) is 105 cm³/mol. The van der Waals surface area contributed by atoms with E-state index in [2.05, 4.69) is 4.98 Å². The van der Waals surface area contributed by atoms with E-state index < -0.39 is 17.2 Å². The number of aromatic nitrogens is 2. The first-order valence-electron chi connectivity index (χ1n) is 9.20. The summed E-state index contributed by atoms with van der Waals surface area (Å²) in [5, 5.41) is 9.96. The van der Waals surface area contributed by atoms with E-state index in [9.17, 15) is 19.1 Å². The lowest BCUT2D eigenvalue weighted by Crippen LogP contribution is -2.33. The Balaban J connectivity index is 1.79. The molecule has 2 aromatic rings. The van der Waals surface area contributed by atoms with Gasteiger partial charge in [0.15, 0.2) is 11.6 Å². The largest absolute Gasteiger partial charge is 0.477 e. The summed E-state index contributed by atoms with van der Waals surface area (Å²) in [6, 6.07) is 1.20. The zero-order chi connectivity index (χ0) is 20.0. The minimum atomic E-state index is -1.32. The average Bonchev–Trinajstić information content (AvgIpc) is 3.52. The van der Waals surface area contributed by atoms with Gasteiger partial charge >= 0.3 is 5.97 Å². The fraction of sp³-hybridized carbons (Fsp3) is 0.421. The number of piperidine rings is 1. The molecule has 3 heterocycles. The van der Waals surface area contributed by atoms with Crippen molar-refractivity contribution in [1.82, 2.24) is 9.55 Å². The molecule has 0 unspecified atom stereocenters. The minimum absolute atomic E-state index is 0.00294. The zero-order valence-corrected chi connectivity index (χ0v) is 15.9. The standard InChI is InChI=1S/C19H20ClFN4O3/c20-14(8-22)10-3-5-24(6-4-10)18-15(21)7-12-16(26)13(19(27)28)9-25(11-1-2-11)17(12)23-18/h7,9,11H,1-6,8,22H2,(H,27,28). The van der Waals surface area contributed by atoms with Crippen LogP contribution in [0.15, 0.2) is 27.7 Å². The van der Waals surface area contributed by atoms with Gasteiger partial charge in [-0.2, -0.15) is 0 Å². The molecule has 0 amide bonds. The first-order chi connectivity index (χ1) is 13.4. The van der Waals surface area contributed by atoms with Crippen molar-refractivity contribution in [3.05, 3.63) is 44.5 Å². The van der Waals surface area contributed by atoms with Gasteiger partial charge in [-0.25, -0.2) is 14.2 Å². The lowest BCUT2D eigenvalue weighted by atomic mass is 10.0. The van der Waals surface area contributed by atoms with Crippen LogP contribution in [0.4, 0.5) is 10.2 Å². The van der Waals surface area contributed by atoms with Crippen LogP contribution in [-0.2, 0) is 0 Å². The van der Waals surface area contributed by atoms with Gasteiger partial charge in [-0.3, -0.25) is 4.79 Å². The van der Waals surface area contributed by atoms with Gasteiger partial charge in [-0.05, 0) is 31.7 Å². The number of nitrogens with zero attached hydrogens (tertiary/aromatic N) is 3. The van der Waals surface area contributed by atoms with Crippen molar-refractivity contribution in [1.29, 1.82) is 0 Å². The topological polar surface area (TPSA) is 101 Å². The maximum atomic E-state index is 14.8. The Morgan fingerprint density at radius 2 is 2.04 bits per heavy atom. The molecule has 3 N–H and O–H groups in total. The summed E-state index contributed by atoms with van der Waals surface area (Å²) in [5.74, 6) is -1.78. The number of hydrogen-bond acceptors (Lipinski definition) is 5. The number of carbonyl (C=O) groups is 1. The van der Waals surface area contributed by atoms with Gasteiger partial charge in [0.05, 0.1) is 5.39 Å². The fourth-order valence-electron chi connectivity index (χ4n) is 3.65. The Morgan fingerprint density at radius 1 is 1.36 bits per heavy atom. The Bertz CT molecular complexity index is 1050. The number of carboxylic acids is 1. The molecule has 1 aliphatic carbocycles. The second-order valence-electron chi connectivity index (χ2n) is 7.18. The Hall–Kier alpha value is -2.45. The average molecular weight is 407 g/mol. The summed E-state index contributed by atoms with van der Waals surface area (Å²) < 4.78 is 16.5. The normalized spacial score (nSPS) is 17.2. The van der Waals surface area contributed by atoms with Gasteiger partial charge in [0.2, 0.25) is 5.43 Å². The van der Waals surface area contributed by atoms with Crippen LogP contribution in [0.3, 0.4) is 0 Å². The van der Waals surface area contributed by atoms with Crippen LogP contribution in [0.25, 0.3) is 11.0 Å². The Labute approximate surface area is 165 Å². The molecule has 0 spiro atoms. The van der Waals surface area contributed by atoms with Crippen molar-refractivity contribution in [3.63, 3.8) is 0 Å². The number of nitrogens with two attached hydrogens (primary N) is 1. The van der Waals surface area contributed by atoms with Gasteiger partial charge in [0.25, 0.3) is 0 Å². The molecule has 2 fully saturated rings. The molecular weight excluding hydrogens is 387 g/mol. The lowest BCUT2D eigenvalue weighted by molar-refractivity contribution is 0.0695. The summed E-state index contributed by atoms with van der Waals surface area (Å²) in [5.41, 5.74) is 5.91. The van der Waals surface area contributed by atoms with Crippen molar-refractivity contribution in [2.75, 3.05) is 24.5 Å². The first kappa shape index (κ1) is 18.9. The zero-order valence-electron chi connectivity index (χ0n) is 15.1. The third-order valence-corrected chi connectivity index (χ3v) is 5.76. The van der Waals surface area contributed by atoms with Crippen molar-refractivity contribution < 1.29 is 14.3 Å². The van der Waals surface area contributed by atoms with E-state index in [1.165, 1.54) is 6.20 Å². The van der Waals surface area contributed by atoms with Crippen LogP contribution >= 0.6 is 11.6 Å². The van der Waals surface area contributed by atoms with Crippen molar-refractivity contribution in [2.45, 2.75) is 31.7 Å². The van der Waals surface area contributed by atoms with Crippen LogP contribution in [0.5, 0.6) is 0 Å². The molecule has 0 bridgehead atoms. The number of aromatic carboxylic acids is 1. The van der Waals surface area contributed by atoms with Crippen molar-refractivity contribution >= 4 is 34.4 Å². The van der Waals surface area contributed by atoms with Gasteiger partial charge in [-0.15, -0.1) is 0 Å². The minimum Gasteiger partial charge on any atom is -0.477 e. The van der Waals surface area contributed by atoms with Crippen LogP contribution in [0, 0.1) is 5.82 Å². The smallest absolute Gasteiger partial charge is 0.341 e. The van der Waals surface area contributed by atoms with Crippen LogP contribution < -0.4 is 16.1 Å². The first-order valence-corrected chi connectivity index (χ1v) is 9.58.